The molecule has 0 saturated carbocycles. The van der Waals surface area contributed by atoms with E-state index in [1.807, 2.05) is 0 Å². The SMILES string of the molecule is C[C@@H]1Oc2ncc(Br)cc2NC1=O. The first kappa shape index (κ1) is 8.50. The normalized spacial score (nSPS) is 20.2. The van der Waals surface area contributed by atoms with Gasteiger partial charge in [0.25, 0.3) is 5.91 Å². The maximum Gasteiger partial charge on any atom is 0.265 e. The van der Waals surface area contributed by atoms with E-state index < -0.39 is 6.10 Å². The summed E-state index contributed by atoms with van der Waals surface area (Å²) in [6, 6.07) is 1.76. The van der Waals surface area contributed by atoms with E-state index in [1.54, 1.807) is 19.2 Å². The van der Waals surface area contributed by atoms with Gasteiger partial charge in [0.15, 0.2) is 6.10 Å². The van der Waals surface area contributed by atoms with Crippen LogP contribution in [0.1, 0.15) is 6.92 Å². The van der Waals surface area contributed by atoms with Crippen LogP contribution >= 0.6 is 15.9 Å². The predicted molar refractivity (Wildman–Crippen MR) is 50.7 cm³/mol. The molecule has 1 aliphatic heterocycles. The molecule has 0 aliphatic carbocycles. The van der Waals surface area contributed by atoms with Crippen molar-refractivity contribution < 1.29 is 9.53 Å². The molecule has 5 heteroatoms. The summed E-state index contributed by atoms with van der Waals surface area (Å²) in [5, 5.41) is 2.69. The lowest BCUT2D eigenvalue weighted by atomic mass is 10.3. The quantitative estimate of drug-likeness (QED) is 0.752. The molecule has 0 saturated heterocycles. The summed E-state index contributed by atoms with van der Waals surface area (Å²) in [6.45, 7) is 1.68. The molecule has 0 bridgehead atoms. The first-order valence-corrected chi connectivity index (χ1v) is 4.59. The van der Waals surface area contributed by atoms with Crippen molar-refractivity contribution in [2.45, 2.75) is 13.0 Å². The monoisotopic (exact) mass is 242 g/mol. The minimum atomic E-state index is -0.471. The number of hydrogen-bond donors (Lipinski definition) is 1. The Morgan fingerprint density at radius 1 is 1.69 bits per heavy atom. The van der Waals surface area contributed by atoms with Crippen LogP contribution in [-0.4, -0.2) is 17.0 Å². The molecule has 2 heterocycles. The summed E-state index contributed by atoms with van der Waals surface area (Å²) in [7, 11) is 0. The van der Waals surface area contributed by atoms with E-state index in [0.29, 0.717) is 11.6 Å². The van der Waals surface area contributed by atoms with Crippen LogP contribution in [0.15, 0.2) is 16.7 Å². The fourth-order valence-electron chi connectivity index (χ4n) is 1.07. The molecule has 13 heavy (non-hydrogen) atoms. The minimum absolute atomic E-state index is 0.146. The second kappa shape index (κ2) is 2.99. The highest BCUT2D eigenvalue weighted by Crippen LogP contribution is 2.29. The Bertz CT molecular complexity index is 367. The van der Waals surface area contributed by atoms with Crippen molar-refractivity contribution in [2.75, 3.05) is 5.32 Å². The molecule has 0 unspecified atom stereocenters. The lowest BCUT2D eigenvalue weighted by molar-refractivity contribution is -0.122. The predicted octanol–water partition coefficient (Wildman–Crippen LogP) is 1.56. The molecular weight excluding hydrogens is 236 g/mol. The van der Waals surface area contributed by atoms with Crippen molar-refractivity contribution in [3.63, 3.8) is 0 Å². The summed E-state index contributed by atoms with van der Waals surface area (Å²) in [6.07, 6.45) is 1.16. The third-order valence-electron chi connectivity index (χ3n) is 1.73. The van der Waals surface area contributed by atoms with Gasteiger partial charge in [0.05, 0.1) is 0 Å². The first-order valence-electron chi connectivity index (χ1n) is 3.80. The Hall–Kier alpha value is -1.10. The number of halogens is 1. The summed E-state index contributed by atoms with van der Waals surface area (Å²) in [5.41, 5.74) is 0.609. The van der Waals surface area contributed by atoms with E-state index in [0.717, 1.165) is 4.47 Å². The number of carbonyl (C=O) groups excluding carboxylic acids is 1. The van der Waals surface area contributed by atoms with Gasteiger partial charge in [-0.15, -0.1) is 0 Å². The van der Waals surface area contributed by atoms with Crippen molar-refractivity contribution >= 4 is 27.5 Å². The summed E-state index contributed by atoms with van der Waals surface area (Å²) in [5.74, 6) is 0.322. The van der Waals surface area contributed by atoms with Gasteiger partial charge in [-0.3, -0.25) is 4.79 Å². The summed E-state index contributed by atoms with van der Waals surface area (Å²) >= 11 is 3.26. The van der Waals surface area contributed by atoms with Gasteiger partial charge < -0.3 is 10.1 Å². The average Bonchev–Trinajstić information content (AvgIpc) is 2.08. The largest absolute Gasteiger partial charge is 0.463 e. The number of pyridine rings is 1. The number of amides is 1. The highest BCUT2D eigenvalue weighted by atomic mass is 79.9. The zero-order chi connectivity index (χ0) is 9.42. The highest BCUT2D eigenvalue weighted by Gasteiger charge is 2.24. The molecule has 0 spiro atoms. The number of carbonyl (C=O) groups is 1. The van der Waals surface area contributed by atoms with Crippen LogP contribution in [0.4, 0.5) is 5.69 Å². The average molecular weight is 243 g/mol. The van der Waals surface area contributed by atoms with Gasteiger partial charge in [0.2, 0.25) is 5.88 Å². The molecule has 1 aliphatic rings. The van der Waals surface area contributed by atoms with Crippen molar-refractivity contribution in [2.24, 2.45) is 0 Å². The van der Waals surface area contributed by atoms with Gasteiger partial charge in [-0.2, -0.15) is 0 Å². The Balaban J connectivity index is 2.42. The number of nitrogens with one attached hydrogen (secondary N) is 1. The fourth-order valence-corrected chi connectivity index (χ4v) is 1.40. The summed E-state index contributed by atoms with van der Waals surface area (Å²) in [4.78, 5) is 15.2. The molecule has 0 aromatic carbocycles. The van der Waals surface area contributed by atoms with E-state index in [2.05, 4.69) is 26.2 Å². The zero-order valence-electron chi connectivity index (χ0n) is 6.87. The van der Waals surface area contributed by atoms with Gasteiger partial charge >= 0.3 is 0 Å². The molecule has 1 amide bonds. The smallest absolute Gasteiger partial charge is 0.265 e. The van der Waals surface area contributed by atoms with E-state index in [9.17, 15) is 4.79 Å². The number of rotatable bonds is 0. The van der Waals surface area contributed by atoms with Crippen LogP contribution in [0.25, 0.3) is 0 Å². The molecule has 1 atom stereocenters. The van der Waals surface area contributed by atoms with Crippen LogP contribution in [0.2, 0.25) is 0 Å². The third kappa shape index (κ3) is 1.51. The number of fused-ring (bicyclic) bond motifs is 1. The molecule has 2 rings (SSSR count). The Labute approximate surface area is 83.4 Å². The number of aromatic nitrogens is 1. The molecular formula is C8H7BrN2O2. The van der Waals surface area contributed by atoms with Crippen LogP contribution < -0.4 is 10.1 Å². The maximum absolute atomic E-state index is 11.2. The van der Waals surface area contributed by atoms with Crippen molar-refractivity contribution in [3.05, 3.63) is 16.7 Å². The van der Waals surface area contributed by atoms with Crippen molar-refractivity contribution in [1.29, 1.82) is 0 Å². The van der Waals surface area contributed by atoms with E-state index in [4.69, 9.17) is 4.74 Å². The van der Waals surface area contributed by atoms with Crippen LogP contribution in [-0.2, 0) is 4.79 Å². The number of nitrogens with zero attached hydrogens (tertiary/aromatic N) is 1. The number of ether oxygens (including phenoxy) is 1. The molecule has 0 fully saturated rings. The zero-order valence-corrected chi connectivity index (χ0v) is 8.46. The van der Waals surface area contributed by atoms with Gasteiger partial charge in [-0.05, 0) is 28.9 Å². The van der Waals surface area contributed by atoms with Gasteiger partial charge in [-0.25, -0.2) is 4.98 Å². The standard InChI is InChI=1S/C8H7BrN2O2/c1-4-7(12)11-6-2-5(9)3-10-8(6)13-4/h2-4H,1H3,(H,11,12)/t4-/m0/s1. The topological polar surface area (TPSA) is 51.2 Å². The lowest BCUT2D eigenvalue weighted by Gasteiger charge is -2.21. The van der Waals surface area contributed by atoms with Crippen LogP contribution in [0.5, 0.6) is 5.88 Å². The molecule has 68 valence electrons. The molecule has 1 aromatic heterocycles. The molecule has 1 N–H and O–H groups in total. The Morgan fingerprint density at radius 2 is 2.46 bits per heavy atom. The first-order chi connectivity index (χ1) is 6.16. The second-order valence-corrected chi connectivity index (χ2v) is 3.67. The van der Waals surface area contributed by atoms with E-state index in [1.165, 1.54) is 0 Å². The summed E-state index contributed by atoms with van der Waals surface area (Å²) < 4.78 is 6.06. The lowest BCUT2D eigenvalue weighted by Crippen LogP contribution is -2.34. The number of anilines is 1. The van der Waals surface area contributed by atoms with Gasteiger partial charge in [-0.1, -0.05) is 0 Å². The Morgan fingerprint density at radius 3 is 3.23 bits per heavy atom. The van der Waals surface area contributed by atoms with E-state index >= 15 is 0 Å². The van der Waals surface area contributed by atoms with E-state index in [-0.39, 0.29) is 5.91 Å². The van der Waals surface area contributed by atoms with Gasteiger partial charge in [0.1, 0.15) is 5.69 Å². The van der Waals surface area contributed by atoms with Crippen molar-refractivity contribution in [3.8, 4) is 5.88 Å². The molecule has 0 radical (unpaired) electrons. The Kier molecular flexibility index (Phi) is 1.95. The van der Waals surface area contributed by atoms with Gasteiger partial charge in [0, 0.05) is 10.7 Å². The highest BCUT2D eigenvalue weighted by molar-refractivity contribution is 9.10. The van der Waals surface area contributed by atoms with Crippen LogP contribution in [0, 0.1) is 0 Å². The maximum atomic E-state index is 11.2. The fraction of sp³-hybridized carbons (Fsp3) is 0.250. The molecule has 4 nitrogen and oxygen atoms in total. The third-order valence-corrected chi connectivity index (χ3v) is 2.17. The number of hydrogen-bond acceptors (Lipinski definition) is 3. The van der Waals surface area contributed by atoms with Crippen molar-refractivity contribution in [1.82, 2.24) is 4.98 Å². The van der Waals surface area contributed by atoms with Crippen LogP contribution in [0.3, 0.4) is 0 Å². The minimum Gasteiger partial charge on any atom is -0.463 e. The second-order valence-electron chi connectivity index (χ2n) is 2.76. The molecule has 1 aromatic rings.